The molecule has 0 atom stereocenters. The highest BCUT2D eigenvalue weighted by Gasteiger charge is 2.11. The molecule has 1 heterocycles. The van der Waals surface area contributed by atoms with Gasteiger partial charge in [0.25, 0.3) is 0 Å². The topological polar surface area (TPSA) is 25.8 Å². The van der Waals surface area contributed by atoms with Crippen molar-refractivity contribution in [2.45, 2.75) is 13.8 Å². The van der Waals surface area contributed by atoms with E-state index in [1.807, 2.05) is 0 Å². The van der Waals surface area contributed by atoms with Crippen molar-refractivity contribution in [2.75, 3.05) is 0 Å². The molecule has 0 saturated heterocycles. The Kier molecular flexibility index (Phi) is 3.33. The summed E-state index contributed by atoms with van der Waals surface area (Å²) in [5, 5.41) is 0.846. The second-order valence-electron chi connectivity index (χ2n) is 4.92. The summed E-state index contributed by atoms with van der Waals surface area (Å²) in [4.78, 5) is 8.54. The molecule has 3 rings (SSSR count). The van der Waals surface area contributed by atoms with E-state index in [4.69, 9.17) is 11.6 Å². The molecule has 0 aliphatic heterocycles. The molecule has 0 saturated carbocycles. The van der Waals surface area contributed by atoms with Gasteiger partial charge in [0.2, 0.25) is 0 Å². The summed E-state index contributed by atoms with van der Waals surface area (Å²) in [6.07, 6.45) is 0. The molecule has 0 N–H and O–H groups in total. The fourth-order valence-electron chi connectivity index (χ4n) is 2.13. The van der Waals surface area contributed by atoms with Crippen LogP contribution in [0, 0.1) is 25.5 Å². The molecule has 0 aliphatic rings. The molecule has 21 heavy (non-hydrogen) atoms. The summed E-state index contributed by atoms with van der Waals surface area (Å²) in [6.45, 7) is 3.31. The molecule has 106 valence electrons. The smallest absolute Gasteiger partial charge is 0.161 e. The van der Waals surface area contributed by atoms with E-state index in [0.717, 1.165) is 0 Å². The normalized spacial score (nSPS) is 11.1. The van der Waals surface area contributed by atoms with Crippen molar-refractivity contribution in [3.63, 3.8) is 0 Å². The van der Waals surface area contributed by atoms with E-state index in [1.54, 1.807) is 32.0 Å². The number of aryl methyl sites for hydroxylation is 2. The molecule has 0 amide bonds. The van der Waals surface area contributed by atoms with Gasteiger partial charge in [-0.15, -0.1) is 0 Å². The number of fused-ring (bicyclic) bond motifs is 1. The van der Waals surface area contributed by atoms with E-state index in [0.29, 0.717) is 33.4 Å². The van der Waals surface area contributed by atoms with Crippen molar-refractivity contribution in [1.29, 1.82) is 0 Å². The van der Waals surface area contributed by atoms with Gasteiger partial charge in [-0.2, -0.15) is 0 Å². The van der Waals surface area contributed by atoms with E-state index < -0.39 is 0 Å². The third kappa shape index (κ3) is 2.47. The maximum absolute atomic E-state index is 13.7. The number of hydrogen-bond donors (Lipinski definition) is 0. The molecule has 0 fully saturated rings. The number of aromatic nitrogens is 2. The van der Waals surface area contributed by atoms with Crippen molar-refractivity contribution in [3.05, 3.63) is 58.2 Å². The van der Waals surface area contributed by atoms with E-state index in [-0.39, 0.29) is 16.8 Å². The molecule has 0 unspecified atom stereocenters. The van der Waals surface area contributed by atoms with E-state index in [9.17, 15) is 8.78 Å². The predicted octanol–water partition coefficient (Wildman–Crippen LogP) is 4.85. The lowest BCUT2D eigenvalue weighted by molar-refractivity contribution is 0.618. The largest absolute Gasteiger partial charge is 0.228 e. The highest BCUT2D eigenvalue weighted by Crippen LogP contribution is 2.27. The highest BCUT2D eigenvalue weighted by molar-refractivity contribution is 6.34. The van der Waals surface area contributed by atoms with Crippen LogP contribution in [0.3, 0.4) is 0 Å². The number of hydrogen-bond acceptors (Lipinski definition) is 2. The summed E-state index contributed by atoms with van der Waals surface area (Å²) in [5.41, 5.74) is 2.04. The van der Waals surface area contributed by atoms with Gasteiger partial charge < -0.3 is 0 Å². The Balaban J connectivity index is 2.24. The Morgan fingerprint density at radius 1 is 0.905 bits per heavy atom. The first-order chi connectivity index (χ1) is 9.95. The first-order valence-corrected chi connectivity index (χ1v) is 6.73. The van der Waals surface area contributed by atoms with Crippen LogP contribution in [-0.4, -0.2) is 9.97 Å². The lowest BCUT2D eigenvalue weighted by atomic mass is 10.1. The van der Waals surface area contributed by atoms with Crippen LogP contribution in [0.4, 0.5) is 8.78 Å². The second kappa shape index (κ2) is 5.04. The van der Waals surface area contributed by atoms with Gasteiger partial charge in [-0.05, 0) is 49.2 Å². The second-order valence-corrected chi connectivity index (χ2v) is 5.28. The van der Waals surface area contributed by atoms with Crippen LogP contribution in [0.25, 0.3) is 22.3 Å². The molecule has 0 spiro atoms. The van der Waals surface area contributed by atoms with Crippen molar-refractivity contribution in [1.82, 2.24) is 9.97 Å². The Morgan fingerprint density at radius 3 is 2.33 bits per heavy atom. The van der Waals surface area contributed by atoms with Crippen LogP contribution in [0.5, 0.6) is 0 Å². The number of nitrogens with zero attached hydrogens (tertiary/aromatic N) is 2. The van der Waals surface area contributed by atoms with Crippen molar-refractivity contribution in [2.24, 2.45) is 0 Å². The Bertz CT molecular complexity index is 863. The zero-order chi connectivity index (χ0) is 15.1. The molecule has 0 radical (unpaired) electrons. The lowest BCUT2D eigenvalue weighted by Gasteiger charge is -2.07. The van der Waals surface area contributed by atoms with Gasteiger partial charge in [0, 0.05) is 17.0 Å². The maximum Gasteiger partial charge on any atom is 0.161 e. The summed E-state index contributed by atoms with van der Waals surface area (Å²) in [5.74, 6) is -0.301. The first kappa shape index (κ1) is 13.9. The molecular weight excluding hydrogens is 294 g/mol. The summed E-state index contributed by atoms with van der Waals surface area (Å²) >= 11 is 6.16. The fraction of sp³-hybridized carbons (Fsp3) is 0.125. The molecule has 3 aromatic rings. The van der Waals surface area contributed by atoms with Crippen LogP contribution >= 0.6 is 11.6 Å². The Morgan fingerprint density at radius 2 is 1.62 bits per heavy atom. The molecule has 2 aromatic carbocycles. The molecule has 0 aliphatic carbocycles. The third-order valence-corrected chi connectivity index (χ3v) is 3.63. The minimum Gasteiger partial charge on any atom is -0.228 e. The molecular formula is C16H11ClF2N2. The Hall–Kier alpha value is -2.07. The average molecular weight is 305 g/mol. The zero-order valence-corrected chi connectivity index (χ0v) is 12.2. The summed E-state index contributed by atoms with van der Waals surface area (Å²) in [7, 11) is 0. The minimum atomic E-state index is -0.349. The Labute approximate surface area is 125 Å². The van der Waals surface area contributed by atoms with Gasteiger partial charge in [0.15, 0.2) is 5.82 Å². The van der Waals surface area contributed by atoms with Crippen molar-refractivity contribution >= 4 is 22.5 Å². The molecule has 1 aromatic heterocycles. The molecule has 5 heteroatoms. The van der Waals surface area contributed by atoms with Crippen LogP contribution in [0.2, 0.25) is 5.15 Å². The lowest BCUT2D eigenvalue weighted by Crippen LogP contribution is -1.95. The fourth-order valence-corrected chi connectivity index (χ4v) is 2.37. The SMILES string of the molecule is Cc1cc(-c2nc(Cl)c3cc(C)c(F)cc3n2)ccc1F. The van der Waals surface area contributed by atoms with E-state index in [1.165, 1.54) is 12.1 Å². The average Bonchev–Trinajstić information content (AvgIpc) is 2.44. The van der Waals surface area contributed by atoms with Gasteiger partial charge in [-0.1, -0.05) is 11.6 Å². The maximum atomic E-state index is 13.7. The molecule has 0 bridgehead atoms. The zero-order valence-electron chi connectivity index (χ0n) is 11.4. The van der Waals surface area contributed by atoms with Crippen LogP contribution in [-0.2, 0) is 0 Å². The van der Waals surface area contributed by atoms with E-state index in [2.05, 4.69) is 9.97 Å². The standard InChI is InChI=1S/C16H11ClF2N2/c1-8-5-10(3-4-12(8)18)16-20-14-7-13(19)9(2)6-11(14)15(17)21-16/h3-7H,1-2H3. The van der Waals surface area contributed by atoms with Gasteiger partial charge in [0.05, 0.1) is 5.52 Å². The van der Waals surface area contributed by atoms with E-state index >= 15 is 0 Å². The highest BCUT2D eigenvalue weighted by atomic mass is 35.5. The number of halogens is 3. The van der Waals surface area contributed by atoms with Crippen molar-refractivity contribution < 1.29 is 8.78 Å². The monoisotopic (exact) mass is 304 g/mol. The summed E-state index contributed by atoms with van der Waals surface area (Å²) in [6, 6.07) is 7.51. The summed E-state index contributed by atoms with van der Waals surface area (Å²) < 4.78 is 27.0. The first-order valence-electron chi connectivity index (χ1n) is 6.35. The van der Waals surface area contributed by atoms with Crippen LogP contribution < -0.4 is 0 Å². The quantitative estimate of drug-likeness (QED) is 0.601. The van der Waals surface area contributed by atoms with Gasteiger partial charge in [0.1, 0.15) is 16.8 Å². The number of rotatable bonds is 1. The minimum absolute atomic E-state index is 0.250. The van der Waals surface area contributed by atoms with Crippen LogP contribution in [0.1, 0.15) is 11.1 Å². The van der Waals surface area contributed by atoms with Gasteiger partial charge >= 0.3 is 0 Å². The third-order valence-electron chi connectivity index (χ3n) is 3.35. The van der Waals surface area contributed by atoms with Crippen molar-refractivity contribution in [3.8, 4) is 11.4 Å². The van der Waals surface area contributed by atoms with Gasteiger partial charge in [-0.25, -0.2) is 18.7 Å². The van der Waals surface area contributed by atoms with Crippen LogP contribution in [0.15, 0.2) is 30.3 Å². The predicted molar refractivity (Wildman–Crippen MR) is 79.4 cm³/mol. The molecule has 2 nitrogen and oxygen atoms in total. The van der Waals surface area contributed by atoms with Gasteiger partial charge in [-0.3, -0.25) is 0 Å². The number of benzene rings is 2.